The number of nitrogens with one attached hydrogen (secondary N) is 1. The second kappa shape index (κ2) is 6.16. The molecule has 1 fully saturated rings. The third kappa shape index (κ3) is 5.84. The highest BCUT2D eigenvalue weighted by Crippen LogP contribution is 2.13. The van der Waals surface area contributed by atoms with Gasteiger partial charge in [-0.25, -0.2) is 8.42 Å². The van der Waals surface area contributed by atoms with Gasteiger partial charge in [-0.05, 0) is 19.3 Å². The van der Waals surface area contributed by atoms with E-state index in [1.165, 1.54) is 6.26 Å². The lowest BCUT2D eigenvalue weighted by atomic mass is 10.0. The SMILES string of the molecule is CC(C)CC1CN(CCS(C)(=O)=O)C(C)CN1. The van der Waals surface area contributed by atoms with Crippen LogP contribution in [0.2, 0.25) is 0 Å². The molecule has 1 heterocycles. The van der Waals surface area contributed by atoms with Crippen LogP contribution in [0, 0.1) is 5.92 Å². The molecule has 4 nitrogen and oxygen atoms in total. The van der Waals surface area contributed by atoms with Gasteiger partial charge in [0.2, 0.25) is 0 Å². The van der Waals surface area contributed by atoms with E-state index >= 15 is 0 Å². The highest BCUT2D eigenvalue weighted by atomic mass is 32.2. The summed E-state index contributed by atoms with van der Waals surface area (Å²) in [6, 6.07) is 0.936. The number of nitrogens with zero attached hydrogens (tertiary/aromatic N) is 1. The summed E-state index contributed by atoms with van der Waals surface area (Å²) in [6.07, 6.45) is 2.47. The monoisotopic (exact) mass is 262 g/mol. The van der Waals surface area contributed by atoms with Gasteiger partial charge in [-0.15, -0.1) is 0 Å². The molecule has 0 aromatic rings. The van der Waals surface area contributed by atoms with Crippen LogP contribution in [-0.4, -0.2) is 57.0 Å². The van der Waals surface area contributed by atoms with Crippen LogP contribution in [0.15, 0.2) is 0 Å². The van der Waals surface area contributed by atoms with E-state index in [1.807, 2.05) is 0 Å². The molecule has 5 heteroatoms. The van der Waals surface area contributed by atoms with Crippen LogP contribution in [0.4, 0.5) is 0 Å². The lowest BCUT2D eigenvalue weighted by Gasteiger charge is -2.39. The van der Waals surface area contributed by atoms with Crippen molar-refractivity contribution in [1.82, 2.24) is 10.2 Å². The van der Waals surface area contributed by atoms with E-state index in [0.717, 1.165) is 19.5 Å². The first kappa shape index (κ1) is 14.9. The van der Waals surface area contributed by atoms with Crippen LogP contribution < -0.4 is 5.32 Å². The molecule has 17 heavy (non-hydrogen) atoms. The maximum atomic E-state index is 11.2. The van der Waals surface area contributed by atoms with Crippen molar-refractivity contribution in [3.63, 3.8) is 0 Å². The molecule has 1 saturated heterocycles. The second-order valence-electron chi connectivity index (χ2n) is 5.71. The fourth-order valence-electron chi connectivity index (χ4n) is 2.32. The molecule has 0 bridgehead atoms. The van der Waals surface area contributed by atoms with Crippen molar-refractivity contribution in [2.75, 3.05) is 31.6 Å². The van der Waals surface area contributed by atoms with Crippen molar-refractivity contribution in [2.45, 2.75) is 39.3 Å². The molecule has 0 saturated carbocycles. The fraction of sp³-hybridized carbons (Fsp3) is 1.00. The minimum absolute atomic E-state index is 0.270. The lowest BCUT2D eigenvalue weighted by molar-refractivity contribution is 0.140. The molecular weight excluding hydrogens is 236 g/mol. The average Bonchev–Trinajstić information content (AvgIpc) is 2.17. The number of hydrogen-bond acceptors (Lipinski definition) is 4. The van der Waals surface area contributed by atoms with Crippen LogP contribution in [0.3, 0.4) is 0 Å². The van der Waals surface area contributed by atoms with Crippen LogP contribution >= 0.6 is 0 Å². The van der Waals surface area contributed by atoms with Crippen molar-refractivity contribution >= 4 is 9.84 Å². The van der Waals surface area contributed by atoms with Crippen LogP contribution in [0.1, 0.15) is 27.2 Å². The third-order valence-corrected chi connectivity index (χ3v) is 4.21. The Morgan fingerprint density at radius 3 is 2.59 bits per heavy atom. The minimum Gasteiger partial charge on any atom is -0.311 e. The zero-order valence-electron chi connectivity index (χ0n) is 11.4. The van der Waals surface area contributed by atoms with Crippen LogP contribution in [0.5, 0.6) is 0 Å². The van der Waals surface area contributed by atoms with Gasteiger partial charge in [0.1, 0.15) is 9.84 Å². The van der Waals surface area contributed by atoms with Gasteiger partial charge in [-0.3, -0.25) is 4.90 Å². The number of rotatable bonds is 5. The molecule has 1 aliphatic rings. The predicted octanol–water partition coefficient (Wildman–Crippen LogP) is 0.739. The molecule has 2 atom stereocenters. The molecule has 2 unspecified atom stereocenters. The Labute approximate surface area is 106 Å². The highest BCUT2D eigenvalue weighted by molar-refractivity contribution is 7.90. The maximum absolute atomic E-state index is 11.2. The van der Waals surface area contributed by atoms with E-state index in [1.54, 1.807) is 0 Å². The topological polar surface area (TPSA) is 49.4 Å². The van der Waals surface area contributed by atoms with Gasteiger partial charge in [-0.1, -0.05) is 13.8 Å². The average molecular weight is 262 g/mol. The van der Waals surface area contributed by atoms with E-state index < -0.39 is 9.84 Å². The van der Waals surface area contributed by atoms with Gasteiger partial charge in [0.05, 0.1) is 5.75 Å². The molecule has 0 aliphatic carbocycles. The Hall–Kier alpha value is -0.130. The fourth-order valence-corrected chi connectivity index (χ4v) is 2.88. The van der Waals surface area contributed by atoms with Crippen LogP contribution in [-0.2, 0) is 9.84 Å². The molecule has 102 valence electrons. The van der Waals surface area contributed by atoms with Gasteiger partial charge in [0.15, 0.2) is 0 Å². The van der Waals surface area contributed by atoms with E-state index in [9.17, 15) is 8.42 Å². The summed E-state index contributed by atoms with van der Waals surface area (Å²) in [5, 5.41) is 3.54. The summed E-state index contributed by atoms with van der Waals surface area (Å²) in [6.45, 7) is 9.19. The Bertz CT molecular complexity index is 327. The molecule has 1 aliphatic heterocycles. The zero-order chi connectivity index (χ0) is 13.1. The summed E-state index contributed by atoms with van der Waals surface area (Å²) in [5.41, 5.74) is 0. The number of sulfone groups is 1. The smallest absolute Gasteiger partial charge is 0.148 e. The van der Waals surface area contributed by atoms with Crippen molar-refractivity contribution in [3.05, 3.63) is 0 Å². The zero-order valence-corrected chi connectivity index (χ0v) is 12.3. The largest absolute Gasteiger partial charge is 0.311 e. The van der Waals surface area contributed by atoms with Crippen LogP contribution in [0.25, 0.3) is 0 Å². The summed E-state index contributed by atoms with van der Waals surface area (Å²) < 4.78 is 22.4. The minimum atomic E-state index is -2.85. The number of hydrogen-bond donors (Lipinski definition) is 1. The molecule has 0 amide bonds. The first-order valence-corrected chi connectivity index (χ1v) is 8.49. The summed E-state index contributed by atoms with van der Waals surface area (Å²) in [4.78, 5) is 2.30. The van der Waals surface area contributed by atoms with E-state index in [0.29, 0.717) is 24.5 Å². The predicted molar refractivity (Wildman–Crippen MR) is 72.0 cm³/mol. The molecule has 0 aromatic carbocycles. The highest BCUT2D eigenvalue weighted by Gasteiger charge is 2.25. The maximum Gasteiger partial charge on any atom is 0.148 e. The van der Waals surface area contributed by atoms with Gasteiger partial charge < -0.3 is 5.32 Å². The molecule has 0 aromatic heterocycles. The number of piperazine rings is 1. The first-order chi connectivity index (χ1) is 7.78. The van der Waals surface area contributed by atoms with Gasteiger partial charge >= 0.3 is 0 Å². The molecular formula is C12H26N2O2S. The summed E-state index contributed by atoms with van der Waals surface area (Å²) in [5.74, 6) is 0.948. The van der Waals surface area contributed by atoms with E-state index in [-0.39, 0.29) is 5.75 Å². The van der Waals surface area contributed by atoms with Gasteiger partial charge in [-0.2, -0.15) is 0 Å². The molecule has 1 N–H and O–H groups in total. The standard InChI is InChI=1S/C12H26N2O2S/c1-10(2)7-12-9-14(11(3)8-13-12)5-6-17(4,15)16/h10-13H,5-9H2,1-4H3. The summed E-state index contributed by atoms with van der Waals surface area (Å²) >= 11 is 0. The lowest BCUT2D eigenvalue weighted by Crippen LogP contribution is -2.56. The van der Waals surface area contributed by atoms with E-state index in [2.05, 4.69) is 31.0 Å². The Kier molecular flexibility index (Phi) is 5.41. The Balaban J connectivity index is 2.46. The molecule has 0 spiro atoms. The second-order valence-corrected chi connectivity index (χ2v) is 7.97. The Morgan fingerprint density at radius 2 is 2.06 bits per heavy atom. The molecule has 1 rings (SSSR count). The molecule has 0 radical (unpaired) electrons. The van der Waals surface area contributed by atoms with Gasteiger partial charge in [0.25, 0.3) is 0 Å². The van der Waals surface area contributed by atoms with Crippen molar-refractivity contribution in [1.29, 1.82) is 0 Å². The Morgan fingerprint density at radius 1 is 1.41 bits per heavy atom. The normalized spacial score (nSPS) is 27.6. The van der Waals surface area contributed by atoms with Crippen molar-refractivity contribution < 1.29 is 8.42 Å². The summed E-state index contributed by atoms with van der Waals surface area (Å²) in [7, 11) is -2.85. The third-order valence-electron chi connectivity index (χ3n) is 3.29. The van der Waals surface area contributed by atoms with Crippen molar-refractivity contribution in [3.8, 4) is 0 Å². The van der Waals surface area contributed by atoms with Crippen molar-refractivity contribution in [2.24, 2.45) is 5.92 Å². The first-order valence-electron chi connectivity index (χ1n) is 6.43. The van der Waals surface area contributed by atoms with E-state index in [4.69, 9.17) is 0 Å². The quantitative estimate of drug-likeness (QED) is 0.794. The van der Waals surface area contributed by atoms with Gasteiger partial charge in [0, 0.05) is 38.0 Å².